The third-order valence-electron chi connectivity index (χ3n) is 4.04. The summed E-state index contributed by atoms with van der Waals surface area (Å²) in [7, 11) is 0. The number of carbonyl (C=O) groups excluding carboxylic acids is 1. The van der Waals surface area contributed by atoms with E-state index in [-0.39, 0.29) is 11.8 Å². The van der Waals surface area contributed by atoms with Crippen molar-refractivity contribution in [3.63, 3.8) is 0 Å². The molecule has 3 rings (SSSR count). The van der Waals surface area contributed by atoms with Gasteiger partial charge in [-0.05, 0) is 12.5 Å². The molecule has 1 aromatic carbocycles. The molecule has 90 valence electrons. The van der Waals surface area contributed by atoms with Gasteiger partial charge in [-0.2, -0.15) is 0 Å². The maximum absolute atomic E-state index is 11.7. The zero-order valence-electron chi connectivity index (χ0n) is 10.1. The van der Waals surface area contributed by atoms with Crippen LogP contribution in [0.25, 0.3) is 0 Å². The quantitative estimate of drug-likeness (QED) is 0.829. The topological polar surface area (TPSA) is 32.3 Å². The fourth-order valence-electron chi connectivity index (χ4n) is 3.11. The Morgan fingerprint density at radius 2 is 2.06 bits per heavy atom. The summed E-state index contributed by atoms with van der Waals surface area (Å²) in [4.78, 5) is 14.1. The highest BCUT2D eigenvalue weighted by Crippen LogP contribution is 2.32. The van der Waals surface area contributed by atoms with Crippen molar-refractivity contribution in [2.45, 2.75) is 19.5 Å². The Labute approximate surface area is 102 Å². The number of nitrogens with zero attached hydrogens (tertiary/aromatic N) is 1. The molecule has 0 spiro atoms. The van der Waals surface area contributed by atoms with Gasteiger partial charge in [0.1, 0.15) is 0 Å². The lowest BCUT2D eigenvalue weighted by Gasteiger charge is -2.18. The summed E-state index contributed by atoms with van der Waals surface area (Å²) < 4.78 is 0. The number of carbonyl (C=O) groups is 1. The van der Waals surface area contributed by atoms with Crippen LogP contribution < -0.4 is 5.32 Å². The number of hydrogen-bond donors (Lipinski definition) is 1. The molecule has 3 atom stereocenters. The molecule has 17 heavy (non-hydrogen) atoms. The van der Waals surface area contributed by atoms with Crippen LogP contribution in [0.3, 0.4) is 0 Å². The second-order valence-electron chi connectivity index (χ2n) is 5.25. The van der Waals surface area contributed by atoms with Gasteiger partial charge in [0.15, 0.2) is 0 Å². The van der Waals surface area contributed by atoms with Crippen LogP contribution in [0.5, 0.6) is 0 Å². The van der Waals surface area contributed by atoms with Crippen LogP contribution in [0.4, 0.5) is 0 Å². The average Bonchev–Trinajstić information content (AvgIpc) is 2.83. The van der Waals surface area contributed by atoms with Crippen LogP contribution in [-0.4, -0.2) is 29.9 Å². The first kappa shape index (κ1) is 10.8. The molecule has 1 aromatic rings. The summed E-state index contributed by atoms with van der Waals surface area (Å²) in [6.45, 7) is 5.04. The van der Waals surface area contributed by atoms with E-state index in [0.29, 0.717) is 12.0 Å². The minimum atomic E-state index is 0.216. The van der Waals surface area contributed by atoms with Gasteiger partial charge in [-0.25, -0.2) is 0 Å². The lowest BCUT2D eigenvalue weighted by atomic mass is 9.95. The molecule has 2 saturated heterocycles. The van der Waals surface area contributed by atoms with Crippen LogP contribution in [0.1, 0.15) is 12.5 Å². The smallest absolute Gasteiger partial charge is 0.225 e. The molecule has 3 heteroatoms. The summed E-state index contributed by atoms with van der Waals surface area (Å²) in [5, 5.41) is 3.04. The number of fused-ring (bicyclic) bond motifs is 1. The Morgan fingerprint density at radius 3 is 2.76 bits per heavy atom. The highest BCUT2D eigenvalue weighted by atomic mass is 16.2. The minimum absolute atomic E-state index is 0.216. The summed E-state index contributed by atoms with van der Waals surface area (Å²) in [5.41, 5.74) is 1.33. The molecule has 0 bridgehead atoms. The normalized spacial score (nSPS) is 32.5. The van der Waals surface area contributed by atoms with Gasteiger partial charge in [0.2, 0.25) is 5.91 Å². The molecule has 2 heterocycles. The highest BCUT2D eigenvalue weighted by Gasteiger charge is 2.45. The molecule has 1 amide bonds. The van der Waals surface area contributed by atoms with Crippen molar-refractivity contribution >= 4 is 5.91 Å². The van der Waals surface area contributed by atoms with Crippen LogP contribution >= 0.6 is 0 Å². The monoisotopic (exact) mass is 230 g/mol. The van der Waals surface area contributed by atoms with Crippen molar-refractivity contribution in [1.82, 2.24) is 10.2 Å². The predicted octanol–water partition coefficient (Wildman–Crippen LogP) is 1.25. The summed E-state index contributed by atoms with van der Waals surface area (Å²) in [5.74, 6) is 0.970. The van der Waals surface area contributed by atoms with Crippen LogP contribution in [0, 0.1) is 11.8 Å². The SMILES string of the molecule is C[C@@H]1NC(=O)[C@H]2CN(Cc3ccccc3)C[C@@H]12. The number of nitrogens with one attached hydrogen (secondary N) is 1. The Balaban J connectivity index is 1.67. The first-order valence-corrected chi connectivity index (χ1v) is 6.30. The van der Waals surface area contributed by atoms with Gasteiger partial charge in [0, 0.05) is 31.6 Å². The molecule has 2 aliphatic rings. The standard InChI is InChI=1S/C14H18N2O/c1-10-12-8-16(9-13(12)14(17)15-10)7-11-5-3-2-4-6-11/h2-6,10,12-13H,7-9H2,1H3,(H,15,17)/t10-,12-,13-/m0/s1. The Kier molecular flexibility index (Phi) is 2.63. The molecule has 0 radical (unpaired) electrons. The molecular weight excluding hydrogens is 212 g/mol. The molecule has 0 aliphatic carbocycles. The van der Waals surface area contributed by atoms with Crippen molar-refractivity contribution in [2.24, 2.45) is 11.8 Å². The van der Waals surface area contributed by atoms with E-state index in [2.05, 4.69) is 41.4 Å². The van der Waals surface area contributed by atoms with E-state index in [9.17, 15) is 4.79 Å². The maximum atomic E-state index is 11.7. The summed E-state index contributed by atoms with van der Waals surface area (Å²) >= 11 is 0. The highest BCUT2D eigenvalue weighted by molar-refractivity contribution is 5.82. The predicted molar refractivity (Wildman–Crippen MR) is 66.3 cm³/mol. The lowest BCUT2D eigenvalue weighted by Crippen LogP contribution is -2.32. The molecule has 0 aromatic heterocycles. The Bertz CT molecular complexity index is 417. The molecule has 2 aliphatic heterocycles. The van der Waals surface area contributed by atoms with E-state index in [0.717, 1.165) is 19.6 Å². The van der Waals surface area contributed by atoms with E-state index < -0.39 is 0 Å². The van der Waals surface area contributed by atoms with Gasteiger partial charge in [-0.1, -0.05) is 30.3 Å². The number of rotatable bonds is 2. The Morgan fingerprint density at radius 1 is 1.29 bits per heavy atom. The third kappa shape index (κ3) is 1.95. The second kappa shape index (κ2) is 4.15. The van der Waals surface area contributed by atoms with Crippen molar-refractivity contribution in [2.75, 3.05) is 13.1 Å². The van der Waals surface area contributed by atoms with E-state index in [4.69, 9.17) is 0 Å². The van der Waals surface area contributed by atoms with Crippen molar-refractivity contribution < 1.29 is 4.79 Å². The van der Waals surface area contributed by atoms with E-state index in [1.54, 1.807) is 0 Å². The molecule has 0 saturated carbocycles. The van der Waals surface area contributed by atoms with Gasteiger partial charge in [-0.3, -0.25) is 9.69 Å². The third-order valence-corrected chi connectivity index (χ3v) is 4.04. The number of amides is 1. The average molecular weight is 230 g/mol. The maximum Gasteiger partial charge on any atom is 0.225 e. The van der Waals surface area contributed by atoms with Crippen molar-refractivity contribution in [1.29, 1.82) is 0 Å². The van der Waals surface area contributed by atoms with Gasteiger partial charge >= 0.3 is 0 Å². The molecular formula is C14H18N2O. The van der Waals surface area contributed by atoms with Crippen LogP contribution in [0.2, 0.25) is 0 Å². The van der Waals surface area contributed by atoms with Gasteiger partial charge in [0.05, 0.1) is 5.92 Å². The van der Waals surface area contributed by atoms with Crippen molar-refractivity contribution in [3.05, 3.63) is 35.9 Å². The van der Waals surface area contributed by atoms with Crippen LogP contribution in [0.15, 0.2) is 30.3 Å². The minimum Gasteiger partial charge on any atom is -0.353 e. The molecule has 1 N–H and O–H groups in total. The van der Waals surface area contributed by atoms with Crippen molar-refractivity contribution in [3.8, 4) is 0 Å². The van der Waals surface area contributed by atoms with Crippen LogP contribution in [-0.2, 0) is 11.3 Å². The first-order chi connectivity index (χ1) is 8.24. The Hall–Kier alpha value is -1.35. The lowest BCUT2D eigenvalue weighted by molar-refractivity contribution is -0.122. The van der Waals surface area contributed by atoms with Gasteiger partial charge in [-0.15, -0.1) is 0 Å². The van der Waals surface area contributed by atoms with E-state index >= 15 is 0 Å². The molecule has 2 fully saturated rings. The molecule has 3 nitrogen and oxygen atoms in total. The fraction of sp³-hybridized carbons (Fsp3) is 0.500. The number of hydrogen-bond acceptors (Lipinski definition) is 2. The van der Waals surface area contributed by atoms with Gasteiger partial charge < -0.3 is 5.32 Å². The number of benzene rings is 1. The van der Waals surface area contributed by atoms with E-state index in [1.165, 1.54) is 5.56 Å². The number of likely N-dealkylation sites (tertiary alicyclic amines) is 1. The van der Waals surface area contributed by atoms with Gasteiger partial charge in [0.25, 0.3) is 0 Å². The fourth-order valence-corrected chi connectivity index (χ4v) is 3.11. The summed E-state index contributed by atoms with van der Waals surface area (Å²) in [6, 6.07) is 10.8. The molecule has 0 unspecified atom stereocenters. The second-order valence-corrected chi connectivity index (χ2v) is 5.25. The van der Waals surface area contributed by atoms with E-state index in [1.807, 2.05) is 6.07 Å². The summed E-state index contributed by atoms with van der Waals surface area (Å²) in [6.07, 6.45) is 0. The first-order valence-electron chi connectivity index (χ1n) is 6.30. The largest absolute Gasteiger partial charge is 0.353 e. The zero-order chi connectivity index (χ0) is 11.8. The zero-order valence-corrected chi connectivity index (χ0v) is 10.1.